The number of carbonyl (C=O) groups excluding carboxylic acids is 1. The van der Waals surface area contributed by atoms with Crippen molar-refractivity contribution in [2.24, 2.45) is 5.92 Å². The molecule has 1 aromatic carbocycles. The Bertz CT molecular complexity index is 747. The van der Waals surface area contributed by atoms with Crippen molar-refractivity contribution < 1.29 is 4.79 Å². The van der Waals surface area contributed by atoms with E-state index in [2.05, 4.69) is 44.8 Å². The van der Waals surface area contributed by atoms with Gasteiger partial charge in [-0.05, 0) is 68.0 Å². The highest BCUT2D eigenvalue weighted by Crippen LogP contribution is 2.25. The van der Waals surface area contributed by atoms with Crippen LogP contribution in [0.4, 0.5) is 17.2 Å². The van der Waals surface area contributed by atoms with Gasteiger partial charge in [0.15, 0.2) is 5.69 Å². The van der Waals surface area contributed by atoms with Crippen LogP contribution in [-0.4, -0.2) is 35.2 Å². The lowest BCUT2D eigenvalue weighted by atomic mass is 9.99. The van der Waals surface area contributed by atoms with Crippen LogP contribution in [0.25, 0.3) is 0 Å². The molecule has 1 aliphatic carbocycles. The zero-order valence-electron chi connectivity index (χ0n) is 15.1. The van der Waals surface area contributed by atoms with Gasteiger partial charge in [0.2, 0.25) is 0 Å². The van der Waals surface area contributed by atoms with Gasteiger partial charge in [-0.15, -0.1) is 10.2 Å². The number of amides is 1. The maximum atomic E-state index is 12.3. The molecule has 1 aromatic heterocycles. The summed E-state index contributed by atoms with van der Waals surface area (Å²) in [5.41, 5.74) is 2.30. The van der Waals surface area contributed by atoms with Gasteiger partial charge in [-0.1, -0.05) is 6.92 Å². The number of rotatable bonds is 5. The highest BCUT2D eigenvalue weighted by Gasteiger charge is 2.21. The van der Waals surface area contributed by atoms with Gasteiger partial charge in [0.1, 0.15) is 5.82 Å². The predicted octanol–water partition coefficient (Wildman–Crippen LogP) is 3.54. The molecule has 2 aromatic rings. The lowest BCUT2D eigenvalue weighted by Crippen LogP contribution is -2.32. The van der Waals surface area contributed by atoms with Gasteiger partial charge >= 0.3 is 0 Å². The summed E-state index contributed by atoms with van der Waals surface area (Å²) in [6.07, 6.45) is 4.83. The third kappa shape index (κ3) is 4.12. The summed E-state index contributed by atoms with van der Waals surface area (Å²) < 4.78 is 0. The predicted molar refractivity (Wildman–Crippen MR) is 104 cm³/mol. The standard InChI is InChI=1S/C20H25N5O/c1-14-10-12-25(13-11-14)17-6-4-16(5-7-17)22-20(26)18-8-9-19(24-23-18)21-15-2-3-15/h4-9,14-15H,2-3,10-13H2,1H3,(H,21,24)(H,22,26). The van der Waals surface area contributed by atoms with Gasteiger partial charge in [0, 0.05) is 30.5 Å². The van der Waals surface area contributed by atoms with E-state index in [-0.39, 0.29) is 5.91 Å². The SMILES string of the molecule is CC1CCN(c2ccc(NC(=O)c3ccc(NC4CC4)nn3)cc2)CC1. The second-order valence-corrected chi connectivity index (χ2v) is 7.39. The molecule has 0 unspecified atom stereocenters. The van der Waals surface area contributed by atoms with Crippen LogP contribution in [0.15, 0.2) is 36.4 Å². The summed E-state index contributed by atoms with van der Waals surface area (Å²) >= 11 is 0. The Morgan fingerprint density at radius 2 is 1.73 bits per heavy atom. The van der Waals surface area contributed by atoms with E-state index in [0.717, 1.165) is 30.5 Å². The van der Waals surface area contributed by atoms with Crippen molar-refractivity contribution in [2.75, 3.05) is 28.6 Å². The average Bonchev–Trinajstić information content (AvgIpc) is 3.48. The summed E-state index contributed by atoms with van der Waals surface area (Å²) in [7, 11) is 0. The molecule has 4 rings (SSSR count). The third-order valence-corrected chi connectivity index (χ3v) is 5.10. The van der Waals surface area contributed by atoms with E-state index < -0.39 is 0 Å². The molecule has 2 fully saturated rings. The fourth-order valence-corrected chi connectivity index (χ4v) is 3.18. The highest BCUT2D eigenvalue weighted by molar-refractivity contribution is 6.02. The number of nitrogens with zero attached hydrogens (tertiary/aromatic N) is 3. The lowest BCUT2D eigenvalue weighted by Gasteiger charge is -2.32. The monoisotopic (exact) mass is 351 g/mol. The van der Waals surface area contributed by atoms with E-state index in [1.807, 2.05) is 12.1 Å². The lowest BCUT2D eigenvalue weighted by molar-refractivity contribution is 0.102. The first-order valence-electron chi connectivity index (χ1n) is 9.44. The second-order valence-electron chi connectivity index (χ2n) is 7.39. The van der Waals surface area contributed by atoms with Gasteiger partial charge in [-0.2, -0.15) is 0 Å². The van der Waals surface area contributed by atoms with Crippen LogP contribution in [-0.2, 0) is 0 Å². The zero-order valence-corrected chi connectivity index (χ0v) is 15.1. The largest absolute Gasteiger partial charge is 0.372 e. The number of nitrogens with one attached hydrogen (secondary N) is 2. The first-order valence-corrected chi connectivity index (χ1v) is 9.44. The van der Waals surface area contributed by atoms with Crippen LogP contribution in [0, 0.1) is 5.92 Å². The van der Waals surface area contributed by atoms with E-state index in [4.69, 9.17) is 0 Å². The summed E-state index contributed by atoms with van der Waals surface area (Å²) in [6.45, 7) is 4.51. The maximum absolute atomic E-state index is 12.3. The van der Waals surface area contributed by atoms with Crippen molar-refractivity contribution in [2.45, 2.75) is 38.6 Å². The summed E-state index contributed by atoms with van der Waals surface area (Å²) in [4.78, 5) is 14.7. The minimum Gasteiger partial charge on any atom is -0.372 e. The normalized spacial score (nSPS) is 17.8. The molecule has 136 valence electrons. The molecule has 2 heterocycles. The minimum atomic E-state index is -0.241. The fraction of sp³-hybridized carbons (Fsp3) is 0.450. The Labute approximate surface area is 154 Å². The molecule has 1 saturated heterocycles. The smallest absolute Gasteiger partial charge is 0.276 e. The third-order valence-electron chi connectivity index (χ3n) is 5.10. The van der Waals surface area contributed by atoms with Crippen molar-refractivity contribution in [1.29, 1.82) is 0 Å². The van der Waals surface area contributed by atoms with Crippen molar-refractivity contribution in [3.8, 4) is 0 Å². The molecule has 6 nitrogen and oxygen atoms in total. The topological polar surface area (TPSA) is 70.2 Å². The van der Waals surface area contributed by atoms with Gasteiger partial charge in [0.25, 0.3) is 5.91 Å². The molecule has 1 amide bonds. The number of benzene rings is 1. The maximum Gasteiger partial charge on any atom is 0.276 e. The van der Waals surface area contributed by atoms with Crippen LogP contribution in [0.3, 0.4) is 0 Å². The van der Waals surface area contributed by atoms with Crippen molar-refractivity contribution >= 4 is 23.1 Å². The van der Waals surface area contributed by atoms with Gasteiger partial charge in [-0.25, -0.2) is 0 Å². The highest BCUT2D eigenvalue weighted by atomic mass is 16.1. The van der Waals surface area contributed by atoms with Crippen molar-refractivity contribution in [1.82, 2.24) is 10.2 Å². The van der Waals surface area contributed by atoms with Crippen LogP contribution < -0.4 is 15.5 Å². The first kappa shape index (κ1) is 16.8. The Kier molecular flexibility index (Phi) is 4.73. The van der Waals surface area contributed by atoms with E-state index in [0.29, 0.717) is 11.7 Å². The van der Waals surface area contributed by atoms with Gasteiger partial charge in [0.05, 0.1) is 0 Å². The molecular formula is C20H25N5O. The number of anilines is 3. The molecule has 0 bridgehead atoms. The molecule has 0 radical (unpaired) electrons. The number of hydrogen-bond donors (Lipinski definition) is 2. The Morgan fingerprint density at radius 3 is 2.35 bits per heavy atom. The van der Waals surface area contributed by atoms with E-state index in [1.54, 1.807) is 12.1 Å². The van der Waals surface area contributed by atoms with Crippen molar-refractivity contribution in [3.05, 3.63) is 42.1 Å². The minimum absolute atomic E-state index is 0.241. The van der Waals surface area contributed by atoms with Crippen LogP contribution in [0.1, 0.15) is 43.1 Å². The summed E-state index contributed by atoms with van der Waals surface area (Å²) in [5.74, 6) is 1.30. The first-order chi connectivity index (χ1) is 12.7. The molecule has 1 saturated carbocycles. The molecular weight excluding hydrogens is 326 g/mol. The fourth-order valence-electron chi connectivity index (χ4n) is 3.18. The van der Waals surface area contributed by atoms with Crippen molar-refractivity contribution in [3.63, 3.8) is 0 Å². The molecule has 2 N–H and O–H groups in total. The molecule has 26 heavy (non-hydrogen) atoms. The summed E-state index contributed by atoms with van der Waals surface area (Å²) in [6, 6.07) is 12.1. The Hall–Kier alpha value is -2.63. The van der Waals surface area contributed by atoms with Crippen LogP contribution in [0.5, 0.6) is 0 Å². The van der Waals surface area contributed by atoms with Gasteiger partial charge in [-0.3, -0.25) is 4.79 Å². The number of piperidine rings is 1. The second kappa shape index (κ2) is 7.32. The van der Waals surface area contributed by atoms with E-state index >= 15 is 0 Å². The number of hydrogen-bond acceptors (Lipinski definition) is 5. The molecule has 1 aliphatic heterocycles. The molecule has 2 aliphatic rings. The Morgan fingerprint density at radius 1 is 1.00 bits per heavy atom. The quantitative estimate of drug-likeness (QED) is 0.862. The molecule has 0 spiro atoms. The zero-order chi connectivity index (χ0) is 17.9. The average molecular weight is 351 g/mol. The molecule has 0 atom stereocenters. The number of carbonyl (C=O) groups is 1. The van der Waals surface area contributed by atoms with Crippen LogP contribution >= 0.6 is 0 Å². The van der Waals surface area contributed by atoms with E-state index in [1.165, 1.54) is 31.4 Å². The van der Waals surface area contributed by atoms with Gasteiger partial charge < -0.3 is 15.5 Å². The Balaban J connectivity index is 1.35. The van der Waals surface area contributed by atoms with Crippen LogP contribution in [0.2, 0.25) is 0 Å². The van der Waals surface area contributed by atoms with E-state index in [9.17, 15) is 4.79 Å². The summed E-state index contributed by atoms with van der Waals surface area (Å²) in [5, 5.41) is 14.2. The number of aromatic nitrogens is 2. The molecule has 6 heteroatoms.